The maximum atomic E-state index is 15.2. The molecule has 37 heavy (non-hydrogen) atoms. The lowest BCUT2D eigenvalue weighted by Gasteiger charge is -2.31. The Hall–Kier alpha value is -2.15. The van der Waals surface area contributed by atoms with Crippen molar-refractivity contribution in [3.8, 4) is 0 Å². The smallest absolute Gasteiger partial charge is 0.316 e. The van der Waals surface area contributed by atoms with E-state index in [1.807, 2.05) is 6.92 Å². The van der Waals surface area contributed by atoms with Crippen LogP contribution in [0.15, 0.2) is 35.9 Å². The Morgan fingerprint density at radius 1 is 0.838 bits per heavy atom. The molecule has 1 heterocycles. The van der Waals surface area contributed by atoms with Crippen LogP contribution in [0.5, 0.6) is 0 Å². The number of carbonyl (C=O) groups is 1. The minimum absolute atomic E-state index is 0.0476. The average molecular weight is 521 g/mol. The van der Waals surface area contributed by atoms with Crippen LogP contribution < -0.4 is 0 Å². The van der Waals surface area contributed by atoms with E-state index in [1.165, 1.54) is 0 Å². The first kappa shape index (κ1) is 26.5. The molecule has 1 aliphatic heterocycles. The molecule has 1 aromatic rings. The summed E-state index contributed by atoms with van der Waals surface area (Å²) < 4.78 is 69.8. The zero-order valence-corrected chi connectivity index (χ0v) is 21.4. The molecule has 1 aromatic carbocycles. The monoisotopic (exact) mass is 520 g/mol. The molecule has 0 aromatic heterocycles. The molecule has 5 rings (SSSR count). The Morgan fingerprint density at radius 2 is 1.41 bits per heavy atom. The summed E-state index contributed by atoms with van der Waals surface area (Å²) in [4.78, 5) is 12.6. The van der Waals surface area contributed by atoms with E-state index in [4.69, 9.17) is 9.47 Å². The van der Waals surface area contributed by atoms with Crippen molar-refractivity contribution in [2.45, 2.75) is 95.2 Å². The van der Waals surface area contributed by atoms with E-state index in [0.29, 0.717) is 55.8 Å². The van der Waals surface area contributed by atoms with Gasteiger partial charge in [0, 0.05) is 5.92 Å². The van der Waals surface area contributed by atoms with E-state index in [2.05, 4.69) is 12.2 Å². The molecule has 0 N–H and O–H groups in total. The lowest BCUT2D eigenvalue weighted by atomic mass is 9.77. The summed E-state index contributed by atoms with van der Waals surface area (Å²) in [6.45, 7) is 2.43. The van der Waals surface area contributed by atoms with Crippen LogP contribution in [0.4, 0.5) is 17.6 Å². The first-order valence-electron chi connectivity index (χ1n) is 13.8. The number of hydrogen-bond donors (Lipinski definition) is 0. The van der Waals surface area contributed by atoms with Gasteiger partial charge in [-0.25, -0.2) is 17.6 Å². The van der Waals surface area contributed by atoms with Gasteiger partial charge in [0.25, 0.3) is 0 Å². The summed E-state index contributed by atoms with van der Waals surface area (Å²) in [5.41, 5.74) is 0.860. The standard InChI is InChI=1S/C30H36F4O3/c1-2-3-17-4-6-18(7-5-17)21-12-13-22(27(32)26(21)31)19-8-10-20(11-9-19)37-30(35)24-15-14-23(25-16-36-25)28(33)29(24)34/h2-3,12-13,17-20,23-25H,4-11,14-16H2,1H3/b3-2+. The van der Waals surface area contributed by atoms with E-state index in [1.54, 1.807) is 12.1 Å². The number of rotatable bonds is 6. The van der Waals surface area contributed by atoms with Crippen molar-refractivity contribution in [3.05, 3.63) is 58.7 Å². The Bertz CT molecular complexity index is 1050. The van der Waals surface area contributed by atoms with Crippen LogP contribution >= 0.6 is 0 Å². The molecule has 3 nitrogen and oxygen atoms in total. The summed E-state index contributed by atoms with van der Waals surface area (Å²) in [5, 5.41) is 0. The zero-order chi connectivity index (χ0) is 26.1. The van der Waals surface area contributed by atoms with Gasteiger partial charge in [0.1, 0.15) is 23.7 Å². The number of allylic oxidation sites excluding steroid dienone is 2. The van der Waals surface area contributed by atoms with Crippen LogP contribution in [-0.2, 0) is 14.3 Å². The average Bonchev–Trinajstić information content (AvgIpc) is 3.74. The molecular formula is C30H36F4O3. The second-order valence-corrected chi connectivity index (χ2v) is 11.2. The van der Waals surface area contributed by atoms with Crippen LogP contribution in [0.3, 0.4) is 0 Å². The SMILES string of the molecule is C/C=C/C1CCC(c2ccc(C3CCC(OC(=O)C4CCC(C5CO5)C(F)=C4F)CC3)c(F)c2F)CC1. The molecule has 1 saturated heterocycles. The van der Waals surface area contributed by atoms with Gasteiger partial charge in [-0.2, -0.15) is 0 Å². The molecule has 3 unspecified atom stereocenters. The highest BCUT2D eigenvalue weighted by Gasteiger charge is 2.44. The molecule has 0 radical (unpaired) electrons. The van der Waals surface area contributed by atoms with Crippen LogP contribution in [0.25, 0.3) is 0 Å². The summed E-state index contributed by atoms with van der Waals surface area (Å²) in [6.07, 6.45) is 9.84. The van der Waals surface area contributed by atoms with Crippen molar-refractivity contribution in [1.29, 1.82) is 0 Å². The molecule has 7 heteroatoms. The van der Waals surface area contributed by atoms with E-state index >= 15 is 8.78 Å². The Balaban J connectivity index is 1.16. The molecule has 0 bridgehead atoms. The fourth-order valence-corrected chi connectivity index (χ4v) is 6.64. The van der Waals surface area contributed by atoms with Crippen LogP contribution in [0.2, 0.25) is 0 Å². The molecule has 0 spiro atoms. The van der Waals surface area contributed by atoms with E-state index in [0.717, 1.165) is 25.7 Å². The van der Waals surface area contributed by atoms with Gasteiger partial charge >= 0.3 is 5.97 Å². The number of halogens is 4. The van der Waals surface area contributed by atoms with E-state index in [9.17, 15) is 13.6 Å². The molecule has 4 aliphatic rings. The van der Waals surface area contributed by atoms with Crippen LogP contribution in [-0.4, -0.2) is 24.8 Å². The summed E-state index contributed by atoms with van der Waals surface area (Å²) in [5.74, 6) is -5.53. The number of ether oxygens (including phenoxy) is 2. The highest BCUT2D eigenvalue weighted by molar-refractivity contribution is 5.76. The largest absolute Gasteiger partial charge is 0.462 e. The molecule has 3 fully saturated rings. The lowest BCUT2D eigenvalue weighted by molar-refractivity contribution is -0.155. The highest BCUT2D eigenvalue weighted by atomic mass is 19.2. The highest BCUT2D eigenvalue weighted by Crippen LogP contribution is 2.44. The second-order valence-electron chi connectivity index (χ2n) is 11.2. The lowest BCUT2D eigenvalue weighted by Crippen LogP contribution is -2.31. The van der Waals surface area contributed by atoms with Gasteiger partial charge in [-0.1, -0.05) is 24.3 Å². The third-order valence-electron chi connectivity index (χ3n) is 8.93. The second kappa shape index (κ2) is 11.3. The fraction of sp³-hybridized carbons (Fsp3) is 0.633. The molecular weight excluding hydrogens is 484 g/mol. The number of esters is 1. The van der Waals surface area contributed by atoms with Gasteiger partial charge in [-0.05, 0) is 100 Å². The zero-order valence-electron chi connectivity index (χ0n) is 21.4. The predicted octanol–water partition coefficient (Wildman–Crippen LogP) is 7.96. The molecule has 0 amide bonds. The predicted molar refractivity (Wildman–Crippen MR) is 132 cm³/mol. The first-order chi connectivity index (χ1) is 17.9. The van der Waals surface area contributed by atoms with Gasteiger partial charge in [0.05, 0.1) is 12.7 Å². The summed E-state index contributed by atoms with van der Waals surface area (Å²) >= 11 is 0. The Morgan fingerprint density at radius 3 is 1.95 bits per heavy atom. The van der Waals surface area contributed by atoms with E-state index in [-0.39, 0.29) is 24.4 Å². The van der Waals surface area contributed by atoms with Crippen molar-refractivity contribution in [2.24, 2.45) is 17.8 Å². The van der Waals surface area contributed by atoms with Gasteiger partial charge in [-0.15, -0.1) is 0 Å². The topological polar surface area (TPSA) is 38.8 Å². The molecule has 3 aliphatic carbocycles. The van der Waals surface area contributed by atoms with Crippen molar-refractivity contribution in [1.82, 2.24) is 0 Å². The number of epoxide rings is 1. The minimum atomic E-state index is -1.21. The van der Waals surface area contributed by atoms with Crippen LogP contribution in [0.1, 0.15) is 94.1 Å². The van der Waals surface area contributed by atoms with Crippen molar-refractivity contribution in [3.63, 3.8) is 0 Å². The third kappa shape index (κ3) is 5.67. The fourth-order valence-electron chi connectivity index (χ4n) is 6.64. The Kier molecular flexibility index (Phi) is 8.08. The third-order valence-corrected chi connectivity index (χ3v) is 8.93. The maximum Gasteiger partial charge on any atom is 0.316 e. The van der Waals surface area contributed by atoms with Crippen LogP contribution in [0, 0.1) is 29.4 Å². The van der Waals surface area contributed by atoms with Crippen molar-refractivity contribution in [2.75, 3.05) is 6.61 Å². The van der Waals surface area contributed by atoms with Gasteiger partial charge in [0.15, 0.2) is 11.6 Å². The van der Waals surface area contributed by atoms with Crippen molar-refractivity contribution >= 4 is 5.97 Å². The van der Waals surface area contributed by atoms with E-state index < -0.39 is 47.2 Å². The normalized spacial score (nSPS) is 34.6. The maximum absolute atomic E-state index is 15.2. The first-order valence-corrected chi connectivity index (χ1v) is 13.8. The number of carbonyl (C=O) groups excluding carboxylic acids is 1. The summed E-state index contributed by atoms with van der Waals surface area (Å²) in [6, 6.07) is 3.49. The minimum Gasteiger partial charge on any atom is -0.462 e. The van der Waals surface area contributed by atoms with Gasteiger partial charge in [-0.3, -0.25) is 4.79 Å². The molecule has 202 valence electrons. The number of benzene rings is 1. The van der Waals surface area contributed by atoms with Gasteiger partial charge < -0.3 is 9.47 Å². The Labute approximate surface area is 216 Å². The summed E-state index contributed by atoms with van der Waals surface area (Å²) in [7, 11) is 0. The number of hydrogen-bond acceptors (Lipinski definition) is 3. The van der Waals surface area contributed by atoms with Crippen molar-refractivity contribution < 1.29 is 31.8 Å². The van der Waals surface area contributed by atoms with Gasteiger partial charge in [0.2, 0.25) is 0 Å². The molecule has 3 atom stereocenters. The molecule has 2 saturated carbocycles. The quantitative estimate of drug-likeness (QED) is 0.165.